The highest BCUT2D eigenvalue weighted by Gasteiger charge is 2.21. The SMILES string of the molecule is Cc1nnc(CCNC(=O)[C@H](C)n2c(CC(C)C)nc3ccccc32)s1. The lowest BCUT2D eigenvalue weighted by Gasteiger charge is -2.18. The number of hydrogen-bond donors (Lipinski definition) is 1. The number of para-hydroxylation sites is 2. The number of hydrogen-bond acceptors (Lipinski definition) is 5. The van der Waals surface area contributed by atoms with Gasteiger partial charge >= 0.3 is 0 Å². The lowest BCUT2D eigenvalue weighted by atomic mass is 10.1. The third kappa shape index (κ3) is 4.09. The van der Waals surface area contributed by atoms with Crippen molar-refractivity contribution < 1.29 is 4.79 Å². The van der Waals surface area contributed by atoms with Crippen molar-refractivity contribution in [3.63, 3.8) is 0 Å². The van der Waals surface area contributed by atoms with Gasteiger partial charge in [-0.3, -0.25) is 4.79 Å². The molecule has 1 atom stereocenters. The molecular weight excluding hydrogens is 346 g/mol. The Balaban J connectivity index is 1.75. The molecule has 0 aliphatic carbocycles. The minimum absolute atomic E-state index is 0.000559. The van der Waals surface area contributed by atoms with Gasteiger partial charge in [-0.25, -0.2) is 4.98 Å². The van der Waals surface area contributed by atoms with Gasteiger partial charge in [0.2, 0.25) is 5.91 Å². The molecule has 2 heterocycles. The van der Waals surface area contributed by atoms with Crippen LogP contribution in [0.4, 0.5) is 0 Å². The molecule has 1 amide bonds. The molecule has 138 valence electrons. The fraction of sp³-hybridized carbons (Fsp3) is 0.474. The lowest BCUT2D eigenvalue weighted by Crippen LogP contribution is -2.33. The number of amides is 1. The molecule has 3 rings (SSSR count). The Morgan fingerprint density at radius 1 is 1.23 bits per heavy atom. The van der Waals surface area contributed by atoms with Gasteiger partial charge in [0.05, 0.1) is 11.0 Å². The summed E-state index contributed by atoms with van der Waals surface area (Å²) in [6.07, 6.45) is 1.55. The number of nitrogens with zero attached hydrogens (tertiary/aromatic N) is 4. The van der Waals surface area contributed by atoms with Crippen molar-refractivity contribution in [2.24, 2.45) is 5.92 Å². The van der Waals surface area contributed by atoms with Gasteiger partial charge < -0.3 is 9.88 Å². The highest BCUT2D eigenvalue weighted by atomic mass is 32.1. The Morgan fingerprint density at radius 3 is 2.69 bits per heavy atom. The molecule has 0 bridgehead atoms. The monoisotopic (exact) mass is 371 g/mol. The van der Waals surface area contributed by atoms with Crippen molar-refractivity contribution in [3.05, 3.63) is 40.1 Å². The van der Waals surface area contributed by atoms with Crippen LogP contribution in [-0.2, 0) is 17.6 Å². The molecule has 2 aromatic heterocycles. The molecule has 1 aromatic carbocycles. The normalized spacial score (nSPS) is 12.7. The number of carbonyl (C=O) groups is 1. The zero-order valence-corrected chi connectivity index (χ0v) is 16.5. The molecule has 0 fully saturated rings. The van der Waals surface area contributed by atoms with Crippen molar-refractivity contribution in [3.8, 4) is 0 Å². The van der Waals surface area contributed by atoms with Gasteiger partial charge in [0, 0.05) is 19.4 Å². The predicted molar refractivity (Wildman–Crippen MR) is 104 cm³/mol. The van der Waals surface area contributed by atoms with Crippen molar-refractivity contribution in [2.45, 2.75) is 46.6 Å². The molecule has 0 aliphatic rings. The molecule has 26 heavy (non-hydrogen) atoms. The van der Waals surface area contributed by atoms with E-state index in [1.54, 1.807) is 11.3 Å². The molecule has 0 unspecified atom stereocenters. The average molecular weight is 372 g/mol. The van der Waals surface area contributed by atoms with Gasteiger partial charge in [-0.05, 0) is 31.9 Å². The van der Waals surface area contributed by atoms with E-state index < -0.39 is 0 Å². The summed E-state index contributed by atoms with van der Waals surface area (Å²) in [6.45, 7) is 8.76. The third-order valence-corrected chi connectivity index (χ3v) is 5.13. The van der Waals surface area contributed by atoms with Crippen LogP contribution >= 0.6 is 11.3 Å². The number of aromatic nitrogens is 4. The second kappa shape index (κ2) is 7.95. The summed E-state index contributed by atoms with van der Waals surface area (Å²) in [4.78, 5) is 17.5. The lowest BCUT2D eigenvalue weighted by molar-refractivity contribution is -0.123. The van der Waals surface area contributed by atoms with Gasteiger partial charge in [0.15, 0.2) is 0 Å². The van der Waals surface area contributed by atoms with Crippen LogP contribution < -0.4 is 5.32 Å². The summed E-state index contributed by atoms with van der Waals surface area (Å²) >= 11 is 1.57. The molecule has 6 nitrogen and oxygen atoms in total. The van der Waals surface area contributed by atoms with Crippen LogP contribution in [0.15, 0.2) is 24.3 Å². The van der Waals surface area contributed by atoms with E-state index in [1.807, 2.05) is 38.1 Å². The van der Waals surface area contributed by atoms with Gasteiger partial charge in [-0.1, -0.05) is 26.0 Å². The van der Waals surface area contributed by atoms with Crippen molar-refractivity contribution >= 4 is 28.3 Å². The van der Waals surface area contributed by atoms with Crippen LogP contribution in [0.1, 0.15) is 42.7 Å². The Morgan fingerprint density at radius 2 is 2.00 bits per heavy atom. The molecule has 3 aromatic rings. The number of rotatable bonds is 7. The first-order valence-corrected chi connectivity index (χ1v) is 9.80. The summed E-state index contributed by atoms with van der Waals surface area (Å²) in [5, 5.41) is 13.0. The molecular formula is C19H25N5OS. The first-order valence-electron chi connectivity index (χ1n) is 8.98. The van der Waals surface area contributed by atoms with Crippen LogP contribution in [0.3, 0.4) is 0 Å². The van der Waals surface area contributed by atoms with Crippen molar-refractivity contribution in [2.75, 3.05) is 6.54 Å². The van der Waals surface area contributed by atoms with Crippen LogP contribution in [0.2, 0.25) is 0 Å². The molecule has 0 saturated carbocycles. The highest BCUT2D eigenvalue weighted by molar-refractivity contribution is 7.11. The Bertz CT molecular complexity index is 898. The summed E-state index contributed by atoms with van der Waals surface area (Å²) in [6, 6.07) is 7.68. The van der Waals surface area contributed by atoms with E-state index in [-0.39, 0.29) is 11.9 Å². The fourth-order valence-corrected chi connectivity index (χ4v) is 3.74. The minimum atomic E-state index is -0.313. The molecule has 1 N–H and O–H groups in total. The van der Waals surface area contributed by atoms with Gasteiger partial charge in [-0.2, -0.15) is 0 Å². The summed E-state index contributed by atoms with van der Waals surface area (Å²) < 4.78 is 2.07. The van der Waals surface area contributed by atoms with E-state index in [4.69, 9.17) is 4.98 Å². The minimum Gasteiger partial charge on any atom is -0.354 e. The van der Waals surface area contributed by atoms with Gasteiger partial charge in [0.1, 0.15) is 21.9 Å². The van der Waals surface area contributed by atoms with E-state index >= 15 is 0 Å². The second-order valence-electron chi connectivity index (χ2n) is 6.92. The van der Waals surface area contributed by atoms with Crippen LogP contribution in [0.5, 0.6) is 0 Å². The topological polar surface area (TPSA) is 72.7 Å². The van der Waals surface area contributed by atoms with E-state index in [0.29, 0.717) is 18.9 Å². The quantitative estimate of drug-likeness (QED) is 0.691. The largest absolute Gasteiger partial charge is 0.354 e. The predicted octanol–water partition coefficient (Wildman–Crippen LogP) is 3.31. The van der Waals surface area contributed by atoms with Gasteiger partial charge in [-0.15, -0.1) is 21.5 Å². The maximum atomic E-state index is 12.7. The number of nitrogens with one attached hydrogen (secondary N) is 1. The standard InChI is InChI=1S/C19H25N5OS/c1-12(2)11-17-21-15-7-5-6-8-16(15)24(17)13(3)19(25)20-10-9-18-23-22-14(4)26-18/h5-8,12-13H,9-11H2,1-4H3,(H,20,25)/t13-/m0/s1. The molecule has 0 aliphatic heterocycles. The summed E-state index contributed by atoms with van der Waals surface area (Å²) in [7, 11) is 0. The molecule has 0 radical (unpaired) electrons. The summed E-state index contributed by atoms with van der Waals surface area (Å²) in [5.74, 6) is 1.43. The smallest absolute Gasteiger partial charge is 0.242 e. The highest BCUT2D eigenvalue weighted by Crippen LogP contribution is 2.23. The first kappa shape index (κ1) is 18.5. The van der Waals surface area contributed by atoms with E-state index in [2.05, 4.69) is 33.9 Å². The number of aryl methyl sites for hydroxylation is 1. The zero-order valence-electron chi connectivity index (χ0n) is 15.7. The van der Waals surface area contributed by atoms with Crippen molar-refractivity contribution in [1.29, 1.82) is 0 Å². The Kier molecular flexibility index (Phi) is 5.66. The number of imidazole rings is 1. The van der Waals surface area contributed by atoms with Crippen LogP contribution in [-0.4, -0.2) is 32.2 Å². The van der Waals surface area contributed by atoms with Crippen molar-refractivity contribution in [1.82, 2.24) is 25.1 Å². The average Bonchev–Trinajstić information content (AvgIpc) is 3.16. The molecule has 7 heteroatoms. The van der Waals surface area contributed by atoms with E-state index in [9.17, 15) is 4.79 Å². The van der Waals surface area contributed by atoms with E-state index in [1.165, 1.54) is 0 Å². The number of carbonyl (C=O) groups excluding carboxylic acids is 1. The molecule has 0 saturated heterocycles. The zero-order chi connectivity index (χ0) is 18.7. The third-order valence-electron chi connectivity index (χ3n) is 4.23. The van der Waals surface area contributed by atoms with E-state index in [0.717, 1.165) is 33.3 Å². The number of fused-ring (bicyclic) bond motifs is 1. The number of benzene rings is 1. The van der Waals surface area contributed by atoms with Crippen LogP contribution in [0.25, 0.3) is 11.0 Å². The summed E-state index contributed by atoms with van der Waals surface area (Å²) in [5.41, 5.74) is 1.94. The second-order valence-corrected chi connectivity index (χ2v) is 8.18. The maximum Gasteiger partial charge on any atom is 0.242 e. The van der Waals surface area contributed by atoms with Gasteiger partial charge in [0.25, 0.3) is 0 Å². The maximum absolute atomic E-state index is 12.7. The van der Waals surface area contributed by atoms with Crippen LogP contribution in [0, 0.1) is 12.8 Å². The first-order chi connectivity index (χ1) is 12.5. The Labute approximate surface area is 157 Å². The fourth-order valence-electron chi connectivity index (χ4n) is 3.03. The Hall–Kier alpha value is -2.28. The molecule has 0 spiro atoms.